The fraction of sp³-hybridized carbons (Fsp3) is 0.862. The van der Waals surface area contributed by atoms with Crippen molar-refractivity contribution in [2.75, 3.05) is 6.61 Å². The number of carbonyl (C=O) groups excluding carboxylic acids is 2. The zero-order chi connectivity index (χ0) is 23.3. The summed E-state index contributed by atoms with van der Waals surface area (Å²) in [6.07, 6.45) is 12.4. The molecule has 0 saturated heterocycles. The van der Waals surface area contributed by atoms with Crippen LogP contribution in [0.4, 0.5) is 0 Å². The number of hydrogen-bond donors (Lipinski definition) is 1. The highest BCUT2D eigenvalue weighted by atomic mass is 16.3. The molecule has 0 aliphatic heterocycles. The highest BCUT2D eigenvalue weighted by Crippen LogP contribution is 2.76. The van der Waals surface area contributed by atoms with E-state index >= 15 is 0 Å². The minimum absolute atomic E-state index is 0.0450. The molecule has 4 saturated carbocycles. The minimum Gasteiger partial charge on any atom is -0.396 e. The van der Waals surface area contributed by atoms with Gasteiger partial charge in [-0.05, 0) is 103 Å². The van der Waals surface area contributed by atoms with Crippen molar-refractivity contribution in [2.45, 2.75) is 92.9 Å². The number of ketones is 1. The fourth-order valence-electron chi connectivity index (χ4n) is 11.0. The first-order valence-corrected chi connectivity index (χ1v) is 13.2. The third kappa shape index (κ3) is 2.48. The number of fused-ring (bicyclic) bond motifs is 7. The molecule has 0 bridgehead atoms. The number of allylic oxidation sites excluding steroid dienone is 2. The average Bonchev–Trinajstić information content (AvgIpc) is 3.08. The van der Waals surface area contributed by atoms with Crippen LogP contribution in [0.25, 0.3) is 0 Å². The van der Waals surface area contributed by atoms with Crippen LogP contribution in [-0.2, 0) is 9.59 Å². The summed E-state index contributed by atoms with van der Waals surface area (Å²) in [4.78, 5) is 25.0. The Hall–Kier alpha value is -0.960. The molecule has 9 atom stereocenters. The zero-order valence-electron chi connectivity index (χ0n) is 21.2. The normalized spacial score (nSPS) is 54.0. The number of rotatable bonds is 2. The number of aliphatic hydroxyl groups is 1. The molecule has 4 fully saturated rings. The fourth-order valence-corrected chi connectivity index (χ4v) is 11.0. The smallest absolute Gasteiger partial charge is 0.171 e. The van der Waals surface area contributed by atoms with Crippen LogP contribution in [0, 0.1) is 56.7 Å². The van der Waals surface area contributed by atoms with E-state index in [1.165, 1.54) is 38.5 Å². The summed E-state index contributed by atoms with van der Waals surface area (Å²) in [6, 6.07) is 0. The van der Waals surface area contributed by atoms with E-state index in [1.807, 2.05) is 0 Å². The van der Waals surface area contributed by atoms with E-state index in [0.29, 0.717) is 41.8 Å². The first-order valence-electron chi connectivity index (χ1n) is 13.2. The molecule has 32 heavy (non-hydrogen) atoms. The summed E-state index contributed by atoms with van der Waals surface area (Å²) in [5, 5.41) is 10.5. The van der Waals surface area contributed by atoms with Gasteiger partial charge in [-0.25, -0.2) is 0 Å². The Morgan fingerprint density at radius 1 is 0.938 bits per heavy atom. The summed E-state index contributed by atoms with van der Waals surface area (Å²) in [7, 11) is 0. The Labute approximate surface area is 194 Å². The number of Topliss-reactive ketones (excluding diaryl/α,β-unsaturated/α-hetero) is 1. The predicted octanol–water partition coefficient (Wildman–Crippen LogP) is 5.99. The first-order chi connectivity index (χ1) is 14.9. The molecule has 3 heteroatoms. The van der Waals surface area contributed by atoms with Gasteiger partial charge in [0.1, 0.15) is 0 Å². The van der Waals surface area contributed by atoms with Crippen molar-refractivity contribution in [2.24, 2.45) is 56.7 Å². The molecule has 0 spiro atoms. The van der Waals surface area contributed by atoms with Crippen LogP contribution in [0.3, 0.4) is 0 Å². The van der Waals surface area contributed by atoms with E-state index in [-0.39, 0.29) is 27.4 Å². The maximum atomic E-state index is 13.1. The van der Waals surface area contributed by atoms with Gasteiger partial charge in [0, 0.05) is 12.0 Å². The second-order valence-electron chi connectivity index (χ2n) is 13.9. The van der Waals surface area contributed by atoms with Gasteiger partial charge in [-0.15, -0.1) is 0 Å². The van der Waals surface area contributed by atoms with Gasteiger partial charge in [-0.2, -0.15) is 0 Å². The summed E-state index contributed by atoms with van der Waals surface area (Å²) in [6.45, 7) is 14.5. The Balaban J connectivity index is 1.60. The SMILES string of the molecule is C[C@@H]1CC[C@]2(CO)CC[C@]3(C)[C@H](CC[C@@H]4[C@@]5(C)C=C(C=O)C(=O)C(C)(C)[C@@H]5CC[C@]43C)[C@@H]12. The van der Waals surface area contributed by atoms with Crippen LogP contribution in [-0.4, -0.2) is 23.8 Å². The molecular formula is C29H44O3. The van der Waals surface area contributed by atoms with E-state index in [0.717, 1.165) is 19.1 Å². The van der Waals surface area contributed by atoms with Gasteiger partial charge >= 0.3 is 0 Å². The van der Waals surface area contributed by atoms with Gasteiger partial charge in [0.15, 0.2) is 12.1 Å². The highest BCUT2D eigenvalue weighted by molar-refractivity contribution is 6.15. The lowest BCUT2D eigenvalue weighted by Crippen LogP contribution is -2.66. The van der Waals surface area contributed by atoms with Crippen molar-refractivity contribution in [3.05, 3.63) is 11.6 Å². The molecule has 0 heterocycles. The monoisotopic (exact) mass is 440 g/mol. The third-order valence-corrected chi connectivity index (χ3v) is 12.7. The summed E-state index contributed by atoms with van der Waals surface area (Å²) in [5.41, 5.74) is 0.438. The largest absolute Gasteiger partial charge is 0.396 e. The topological polar surface area (TPSA) is 54.4 Å². The number of carbonyl (C=O) groups is 2. The van der Waals surface area contributed by atoms with Gasteiger partial charge < -0.3 is 5.11 Å². The van der Waals surface area contributed by atoms with Crippen LogP contribution < -0.4 is 0 Å². The van der Waals surface area contributed by atoms with E-state index in [2.05, 4.69) is 47.6 Å². The molecule has 178 valence electrons. The van der Waals surface area contributed by atoms with E-state index in [4.69, 9.17) is 0 Å². The van der Waals surface area contributed by atoms with Crippen molar-refractivity contribution in [3.63, 3.8) is 0 Å². The van der Waals surface area contributed by atoms with E-state index < -0.39 is 5.41 Å². The molecule has 5 rings (SSSR count). The van der Waals surface area contributed by atoms with Gasteiger partial charge in [0.25, 0.3) is 0 Å². The lowest BCUT2D eigenvalue weighted by molar-refractivity contribution is -0.222. The lowest BCUT2D eigenvalue weighted by Gasteiger charge is -2.71. The van der Waals surface area contributed by atoms with Crippen molar-refractivity contribution >= 4 is 12.1 Å². The van der Waals surface area contributed by atoms with Crippen LogP contribution in [0.2, 0.25) is 0 Å². The second kappa shape index (κ2) is 6.80. The molecule has 5 aliphatic carbocycles. The van der Waals surface area contributed by atoms with Gasteiger partial charge in [0.05, 0.1) is 5.57 Å². The Kier molecular flexibility index (Phi) is 4.85. The molecule has 0 aromatic rings. The Bertz CT molecular complexity index is 872. The molecule has 3 nitrogen and oxygen atoms in total. The Morgan fingerprint density at radius 2 is 1.66 bits per heavy atom. The van der Waals surface area contributed by atoms with Crippen LogP contribution >= 0.6 is 0 Å². The molecule has 0 aromatic carbocycles. The third-order valence-electron chi connectivity index (χ3n) is 12.7. The van der Waals surface area contributed by atoms with E-state index in [1.54, 1.807) is 0 Å². The molecule has 1 N–H and O–H groups in total. The van der Waals surface area contributed by atoms with Crippen molar-refractivity contribution in [3.8, 4) is 0 Å². The Morgan fingerprint density at radius 3 is 2.31 bits per heavy atom. The minimum atomic E-state index is -0.475. The standard InChI is InChI=1S/C29H44O3/c1-18-9-12-29(17-31)14-13-27(5)20(23(18)29)7-8-22-26(4)15-19(16-30)24(32)25(2,3)21(26)10-11-28(22,27)6/h15-16,18,20-23,31H,7-14,17H2,1-6H3/t18-,20-,21+,22-,23-,26+,27-,28-,29-/m1/s1. The van der Waals surface area contributed by atoms with Crippen molar-refractivity contribution in [1.29, 1.82) is 0 Å². The van der Waals surface area contributed by atoms with Gasteiger partial charge in [-0.1, -0.05) is 47.6 Å². The lowest BCUT2D eigenvalue weighted by atomic mass is 9.33. The quantitative estimate of drug-likeness (QED) is 0.423. The van der Waals surface area contributed by atoms with Crippen molar-refractivity contribution in [1.82, 2.24) is 0 Å². The average molecular weight is 441 g/mol. The maximum Gasteiger partial charge on any atom is 0.171 e. The first kappa shape index (κ1) is 22.8. The van der Waals surface area contributed by atoms with Gasteiger partial charge in [0.2, 0.25) is 0 Å². The number of aliphatic hydroxyl groups excluding tert-OH is 1. The summed E-state index contributed by atoms with van der Waals surface area (Å²) < 4.78 is 0. The predicted molar refractivity (Wildman–Crippen MR) is 127 cm³/mol. The molecular weight excluding hydrogens is 396 g/mol. The van der Waals surface area contributed by atoms with E-state index in [9.17, 15) is 14.7 Å². The number of hydrogen-bond acceptors (Lipinski definition) is 3. The summed E-state index contributed by atoms with van der Waals surface area (Å²) in [5.74, 6) is 2.86. The zero-order valence-corrected chi connectivity index (χ0v) is 21.2. The second-order valence-corrected chi connectivity index (χ2v) is 13.9. The summed E-state index contributed by atoms with van der Waals surface area (Å²) >= 11 is 0. The van der Waals surface area contributed by atoms with Gasteiger partial charge in [-0.3, -0.25) is 9.59 Å². The van der Waals surface area contributed by atoms with Crippen LogP contribution in [0.1, 0.15) is 92.9 Å². The molecule has 5 aliphatic rings. The maximum absolute atomic E-state index is 13.1. The highest BCUT2D eigenvalue weighted by Gasteiger charge is 2.70. The number of aldehydes is 1. The molecule has 0 aromatic heterocycles. The van der Waals surface area contributed by atoms with Crippen molar-refractivity contribution < 1.29 is 14.7 Å². The molecule has 0 amide bonds. The van der Waals surface area contributed by atoms with Crippen LogP contribution in [0.5, 0.6) is 0 Å². The van der Waals surface area contributed by atoms with Crippen LogP contribution in [0.15, 0.2) is 11.6 Å². The molecule has 0 radical (unpaired) electrons. The molecule has 0 unspecified atom stereocenters.